The van der Waals surface area contributed by atoms with Gasteiger partial charge in [-0.15, -0.1) is 0 Å². The molecule has 0 radical (unpaired) electrons. The summed E-state index contributed by atoms with van der Waals surface area (Å²) in [6, 6.07) is 8.18. The maximum atomic E-state index is 13.0. The molecule has 1 saturated heterocycles. The molecule has 1 spiro atoms. The van der Waals surface area contributed by atoms with Gasteiger partial charge < -0.3 is 15.0 Å². The topological polar surface area (TPSA) is 58.6 Å². The first-order valence-electron chi connectivity index (χ1n) is 12.3. The van der Waals surface area contributed by atoms with Crippen LogP contribution < -0.4 is 10.1 Å². The number of amides is 2. The number of carbonyl (C=O) groups is 2. The molecule has 3 aliphatic rings. The summed E-state index contributed by atoms with van der Waals surface area (Å²) in [7, 11) is 0. The second-order valence-electron chi connectivity index (χ2n) is 10.3. The van der Waals surface area contributed by atoms with E-state index in [1.54, 1.807) is 0 Å². The third kappa shape index (κ3) is 5.24. The third-order valence-corrected chi connectivity index (χ3v) is 7.38. The van der Waals surface area contributed by atoms with Gasteiger partial charge in [0.25, 0.3) is 0 Å². The number of rotatable bonds is 5. The molecule has 170 valence electrons. The minimum absolute atomic E-state index is 0.121. The van der Waals surface area contributed by atoms with Crippen molar-refractivity contribution in [2.24, 2.45) is 11.8 Å². The molecule has 31 heavy (non-hydrogen) atoms. The number of piperidine rings is 1. The fourth-order valence-corrected chi connectivity index (χ4v) is 5.59. The number of para-hydroxylation sites is 1. The fourth-order valence-electron chi connectivity index (χ4n) is 5.59. The summed E-state index contributed by atoms with van der Waals surface area (Å²) in [6.07, 6.45) is 8.81. The minimum atomic E-state index is -0.263. The van der Waals surface area contributed by atoms with Crippen LogP contribution in [0, 0.1) is 11.8 Å². The van der Waals surface area contributed by atoms with Gasteiger partial charge in [-0.1, -0.05) is 51.3 Å². The van der Waals surface area contributed by atoms with E-state index in [1.165, 1.54) is 19.3 Å². The van der Waals surface area contributed by atoms with Gasteiger partial charge in [0.15, 0.2) is 0 Å². The van der Waals surface area contributed by atoms with Crippen LogP contribution in [0.2, 0.25) is 0 Å². The smallest absolute Gasteiger partial charge is 0.225 e. The van der Waals surface area contributed by atoms with E-state index in [-0.39, 0.29) is 23.3 Å². The number of hydrogen-bond donors (Lipinski definition) is 1. The Bertz CT molecular complexity index is 777. The van der Waals surface area contributed by atoms with Gasteiger partial charge in [-0.2, -0.15) is 0 Å². The van der Waals surface area contributed by atoms with Crippen molar-refractivity contribution in [2.45, 2.75) is 83.2 Å². The molecule has 1 aromatic carbocycles. The highest BCUT2D eigenvalue weighted by atomic mass is 16.5. The van der Waals surface area contributed by atoms with E-state index < -0.39 is 0 Å². The summed E-state index contributed by atoms with van der Waals surface area (Å²) in [5.41, 5.74) is 0.884. The molecule has 1 saturated carbocycles. The summed E-state index contributed by atoms with van der Waals surface area (Å²) in [5.74, 6) is 2.24. The molecule has 1 aromatic rings. The highest BCUT2D eigenvalue weighted by molar-refractivity contribution is 5.79. The second kappa shape index (κ2) is 9.62. The second-order valence-corrected chi connectivity index (χ2v) is 10.3. The first-order chi connectivity index (χ1) is 15.0. The van der Waals surface area contributed by atoms with E-state index in [1.807, 2.05) is 18.2 Å². The number of carbonyl (C=O) groups excluding carboxylic acids is 2. The Morgan fingerprint density at radius 1 is 1.13 bits per heavy atom. The van der Waals surface area contributed by atoms with Crippen LogP contribution >= 0.6 is 0 Å². The highest BCUT2D eigenvalue weighted by Crippen LogP contribution is 2.46. The summed E-state index contributed by atoms with van der Waals surface area (Å²) in [5, 5.41) is 3.08. The first-order valence-corrected chi connectivity index (χ1v) is 12.3. The molecule has 2 fully saturated rings. The SMILES string of the molecule is CC(C)CNC(=O)C[C@@H]1CC2(CCN(C(=O)C3CCCCC3)CC2)Oc2ccccc21. The Kier molecular flexibility index (Phi) is 6.88. The monoisotopic (exact) mass is 426 g/mol. The van der Waals surface area contributed by atoms with Crippen LogP contribution in [0.3, 0.4) is 0 Å². The molecule has 1 aliphatic carbocycles. The van der Waals surface area contributed by atoms with E-state index in [9.17, 15) is 9.59 Å². The van der Waals surface area contributed by atoms with Gasteiger partial charge in [0.05, 0.1) is 0 Å². The number of nitrogens with one attached hydrogen (secondary N) is 1. The quantitative estimate of drug-likeness (QED) is 0.745. The van der Waals surface area contributed by atoms with Gasteiger partial charge in [0.2, 0.25) is 11.8 Å². The Morgan fingerprint density at radius 3 is 2.55 bits per heavy atom. The molecule has 0 aromatic heterocycles. The molecule has 2 heterocycles. The molecule has 0 unspecified atom stereocenters. The maximum absolute atomic E-state index is 13.0. The van der Waals surface area contributed by atoms with Crippen LogP contribution in [0.15, 0.2) is 24.3 Å². The Balaban J connectivity index is 1.42. The van der Waals surface area contributed by atoms with E-state index in [2.05, 4.69) is 30.1 Å². The molecule has 1 N–H and O–H groups in total. The summed E-state index contributed by atoms with van der Waals surface area (Å²) in [4.78, 5) is 27.7. The molecule has 5 heteroatoms. The zero-order valence-corrected chi connectivity index (χ0v) is 19.2. The Hall–Kier alpha value is -2.04. The maximum Gasteiger partial charge on any atom is 0.225 e. The van der Waals surface area contributed by atoms with Crippen molar-refractivity contribution in [3.05, 3.63) is 29.8 Å². The van der Waals surface area contributed by atoms with Gasteiger partial charge in [-0.25, -0.2) is 0 Å². The standard InChI is InChI=1S/C26H38N2O3/c1-19(2)18-27-24(29)16-21-17-26(31-23-11-7-6-10-22(21)23)12-14-28(15-13-26)25(30)20-8-4-3-5-9-20/h6-7,10-11,19-21H,3-5,8-9,12-18H2,1-2H3,(H,27,29)/t21-/m1/s1. The minimum Gasteiger partial charge on any atom is -0.487 e. The van der Waals surface area contributed by atoms with E-state index in [0.717, 1.165) is 56.5 Å². The highest BCUT2D eigenvalue weighted by Gasteiger charge is 2.44. The van der Waals surface area contributed by atoms with Crippen LogP contribution in [-0.2, 0) is 9.59 Å². The average Bonchev–Trinajstić information content (AvgIpc) is 2.78. The average molecular weight is 427 g/mol. The van der Waals surface area contributed by atoms with E-state index in [0.29, 0.717) is 24.8 Å². The molecule has 4 rings (SSSR count). The Morgan fingerprint density at radius 2 is 1.84 bits per heavy atom. The zero-order valence-electron chi connectivity index (χ0n) is 19.2. The number of likely N-dealkylation sites (tertiary alicyclic amines) is 1. The lowest BCUT2D eigenvalue weighted by Gasteiger charge is -2.47. The molecule has 2 aliphatic heterocycles. The molecule has 5 nitrogen and oxygen atoms in total. The van der Waals surface area contributed by atoms with Crippen molar-refractivity contribution in [3.63, 3.8) is 0 Å². The third-order valence-electron chi connectivity index (χ3n) is 7.38. The zero-order chi connectivity index (χ0) is 21.8. The summed E-state index contributed by atoms with van der Waals surface area (Å²) >= 11 is 0. The first kappa shape index (κ1) is 22.2. The van der Waals surface area contributed by atoms with Gasteiger partial charge in [-0.3, -0.25) is 9.59 Å². The van der Waals surface area contributed by atoms with Crippen molar-refractivity contribution in [1.82, 2.24) is 10.2 Å². The van der Waals surface area contributed by atoms with Crippen LogP contribution in [0.5, 0.6) is 5.75 Å². The largest absolute Gasteiger partial charge is 0.487 e. The molecule has 1 atom stereocenters. The van der Waals surface area contributed by atoms with Crippen LogP contribution in [-0.4, -0.2) is 41.9 Å². The lowest BCUT2D eigenvalue weighted by atomic mass is 9.76. The van der Waals surface area contributed by atoms with E-state index in [4.69, 9.17) is 4.74 Å². The van der Waals surface area contributed by atoms with Crippen molar-refractivity contribution < 1.29 is 14.3 Å². The molecule has 2 amide bonds. The van der Waals surface area contributed by atoms with Crippen LogP contribution in [0.1, 0.15) is 83.1 Å². The normalized spacial score (nSPS) is 23.3. The predicted molar refractivity (Wildman–Crippen MR) is 122 cm³/mol. The van der Waals surface area contributed by atoms with Crippen molar-refractivity contribution >= 4 is 11.8 Å². The lowest BCUT2D eigenvalue weighted by molar-refractivity contribution is -0.140. The fraction of sp³-hybridized carbons (Fsp3) is 0.692. The number of benzene rings is 1. The number of fused-ring (bicyclic) bond motifs is 1. The number of nitrogens with zero attached hydrogens (tertiary/aromatic N) is 1. The summed E-state index contributed by atoms with van der Waals surface area (Å²) in [6.45, 7) is 6.48. The molecular formula is C26H38N2O3. The van der Waals surface area contributed by atoms with Crippen LogP contribution in [0.25, 0.3) is 0 Å². The van der Waals surface area contributed by atoms with Gasteiger partial charge in [0.1, 0.15) is 11.4 Å². The predicted octanol–water partition coefficient (Wildman–Crippen LogP) is 4.66. The van der Waals surface area contributed by atoms with Gasteiger partial charge in [0, 0.05) is 50.7 Å². The summed E-state index contributed by atoms with van der Waals surface area (Å²) < 4.78 is 6.57. The van der Waals surface area contributed by atoms with Crippen molar-refractivity contribution in [2.75, 3.05) is 19.6 Å². The number of hydrogen-bond acceptors (Lipinski definition) is 3. The van der Waals surface area contributed by atoms with Crippen molar-refractivity contribution in [1.29, 1.82) is 0 Å². The molecule has 0 bridgehead atoms. The van der Waals surface area contributed by atoms with Crippen molar-refractivity contribution in [3.8, 4) is 5.75 Å². The molecular weight excluding hydrogens is 388 g/mol. The van der Waals surface area contributed by atoms with Gasteiger partial charge >= 0.3 is 0 Å². The number of ether oxygens (including phenoxy) is 1. The van der Waals surface area contributed by atoms with Gasteiger partial charge in [-0.05, 0) is 36.8 Å². The lowest BCUT2D eigenvalue weighted by Crippen LogP contribution is -2.53. The Labute approximate surface area is 186 Å². The van der Waals surface area contributed by atoms with E-state index >= 15 is 0 Å². The van der Waals surface area contributed by atoms with Crippen LogP contribution in [0.4, 0.5) is 0 Å².